The number of carbonyl (C=O) groups is 2. The topological polar surface area (TPSA) is 56.3 Å². The molecule has 4 nitrogen and oxygen atoms in total. The largest absolute Gasteiger partial charge is 0.465 e. The Balaban J connectivity index is 3.39. The smallest absolute Gasteiger partial charge is 0.340 e. The highest BCUT2D eigenvalue weighted by molar-refractivity contribution is 6.29. The summed E-state index contributed by atoms with van der Waals surface area (Å²) in [6.45, 7) is 1.66. The van der Waals surface area contributed by atoms with E-state index in [4.69, 9.17) is 11.6 Å². The van der Waals surface area contributed by atoms with Gasteiger partial charge in [-0.1, -0.05) is 11.6 Å². The van der Waals surface area contributed by atoms with Crippen LogP contribution < -0.4 is 0 Å². The van der Waals surface area contributed by atoms with Gasteiger partial charge >= 0.3 is 5.97 Å². The van der Waals surface area contributed by atoms with Crippen LogP contribution in [0.25, 0.3) is 0 Å². The predicted octanol–water partition coefficient (Wildman–Crippen LogP) is 1.64. The Kier molecular flexibility index (Phi) is 3.19. The molecule has 0 radical (unpaired) electrons. The summed E-state index contributed by atoms with van der Waals surface area (Å²) < 4.78 is 4.52. The van der Waals surface area contributed by atoms with Crippen LogP contribution >= 0.6 is 11.6 Å². The average Bonchev–Trinajstić information content (AvgIpc) is 2.15. The summed E-state index contributed by atoms with van der Waals surface area (Å²) in [5, 5.41) is 0.178. The third-order valence-corrected chi connectivity index (χ3v) is 1.91. The van der Waals surface area contributed by atoms with Crippen molar-refractivity contribution in [1.82, 2.24) is 4.98 Å². The Morgan fingerprint density at radius 3 is 2.79 bits per heavy atom. The summed E-state index contributed by atoms with van der Waals surface area (Å²) in [5.41, 5.74) is 0.729. The lowest BCUT2D eigenvalue weighted by molar-refractivity contribution is 0.0597. The van der Waals surface area contributed by atoms with Crippen molar-refractivity contribution in [3.8, 4) is 0 Å². The molecule has 1 heterocycles. The third kappa shape index (κ3) is 1.90. The fourth-order valence-electron chi connectivity index (χ4n) is 1.11. The van der Waals surface area contributed by atoms with Gasteiger partial charge in [-0.2, -0.15) is 0 Å². The van der Waals surface area contributed by atoms with E-state index in [0.717, 1.165) is 0 Å². The van der Waals surface area contributed by atoms with Gasteiger partial charge in [0, 0.05) is 0 Å². The number of aldehydes is 1. The van der Waals surface area contributed by atoms with Gasteiger partial charge in [0.2, 0.25) is 0 Å². The van der Waals surface area contributed by atoms with Crippen LogP contribution in [0.1, 0.15) is 26.4 Å². The number of carbonyl (C=O) groups excluding carboxylic acids is 2. The molecule has 0 aliphatic rings. The van der Waals surface area contributed by atoms with E-state index in [1.54, 1.807) is 6.92 Å². The Hall–Kier alpha value is -1.42. The van der Waals surface area contributed by atoms with E-state index in [2.05, 4.69) is 9.72 Å². The van der Waals surface area contributed by atoms with Gasteiger partial charge in [-0.3, -0.25) is 4.79 Å². The van der Waals surface area contributed by atoms with Crippen LogP contribution in [0.3, 0.4) is 0 Å². The molecule has 0 aliphatic carbocycles. The SMILES string of the molecule is COC(=O)c1c(C)cc(Cl)nc1C=O. The lowest BCUT2D eigenvalue weighted by Gasteiger charge is -2.05. The second-order valence-electron chi connectivity index (χ2n) is 2.63. The molecule has 5 heteroatoms. The lowest BCUT2D eigenvalue weighted by Crippen LogP contribution is -2.09. The summed E-state index contributed by atoms with van der Waals surface area (Å²) in [5.74, 6) is -0.589. The molecule has 14 heavy (non-hydrogen) atoms. The third-order valence-electron chi connectivity index (χ3n) is 1.71. The van der Waals surface area contributed by atoms with Crippen LogP contribution in [0.5, 0.6) is 0 Å². The van der Waals surface area contributed by atoms with Gasteiger partial charge in [0.25, 0.3) is 0 Å². The maximum Gasteiger partial charge on any atom is 0.340 e. The van der Waals surface area contributed by atoms with Crippen LogP contribution in [0.15, 0.2) is 6.07 Å². The monoisotopic (exact) mass is 213 g/mol. The lowest BCUT2D eigenvalue weighted by atomic mass is 10.1. The first-order valence-electron chi connectivity index (χ1n) is 3.80. The maximum atomic E-state index is 11.3. The van der Waals surface area contributed by atoms with Crippen molar-refractivity contribution in [2.75, 3.05) is 7.11 Å². The van der Waals surface area contributed by atoms with Crippen molar-refractivity contribution < 1.29 is 14.3 Å². The van der Waals surface area contributed by atoms with Crippen molar-refractivity contribution in [1.29, 1.82) is 0 Å². The van der Waals surface area contributed by atoms with Gasteiger partial charge in [0.05, 0.1) is 12.7 Å². The molecule has 0 fully saturated rings. The van der Waals surface area contributed by atoms with Crippen molar-refractivity contribution in [3.63, 3.8) is 0 Å². The summed E-state index contributed by atoms with van der Waals surface area (Å²) in [6.07, 6.45) is 0.477. The molecule has 1 aromatic heterocycles. The highest BCUT2D eigenvalue weighted by Crippen LogP contribution is 2.16. The number of ether oxygens (including phenoxy) is 1. The van der Waals surface area contributed by atoms with Gasteiger partial charge in [-0.05, 0) is 18.6 Å². The molecule has 0 saturated carbocycles. The number of pyridine rings is 1. The van der Waals surface area contributed by atoms with Crippen LogP contribution in [0, 0.1) is 6.92 Å². The second kappa shape index (κ2) is 4.19. The normalized spacial score (nSPS) is 9.64. The minimum atomic E-state index is -0.589. The maximum absolute atomic E-state index is 11.3. The number of nitrogens with zero attached hydrogens (tertiary/aromatic N) is 1. The number of aryl methyl sites for hydroxylation is 1. The van der Waals surface area contributed by atoms with Crippen LogP contribution in [-0.4, -0.2) is 24.3 Å². The molecule has 0 unspecified atom stereocenters. The standard InChI is InChI=1S/C9H8ClNO3/c1-5-3-7(10)11-6(4-12)8(5)9(13)14-2/h3-4H,1-2H3. The van der Waals surface area contributed by atoms with Crippen LogP contribution in [0.2, 0.25) is 5.15 Å². The van der Waals surface area contributed by atoms with Gasteiger partial charge < -0.3 is 4.74 Å². The number of halogens is 1. The van der Waals surface area contributed by atoms with E-state index < -0.39 is 5.97 Å². The van der Waals surface area contributed by atoms with E-state index >= 15 is 0 Å². The molecule has 0 aromatic carbocycles. The molecule has 0 atom stereocenters. The zero-order valence-electron chi connectivity index (χ0n) is 7.70. The Morgan fingerprint density at radius 1 is 1.64 bits per heavy atom. The molecule has 1 rings (SSSR count). The first-order valence-corrected chi connectivity index (χ1v) is 4.18. The molecule has 0 bridgehead atoms. The molecular formula is C9H8ClNO3. The Bertz CT molecular complexity index is 390. The van der Waals surface area contributed by atoms with E-state index in [1.165, 1.54) is 13.2 Å². The summed E-state index contributed by atoms with van der Waals surface area (Å²) in [7, 11) is 1.24. The van der Waals surface area contributed by atoms with Gasteiger partial charge in [0.15, 0.2) is 6.29 Å². The molecular weight excluding hydrogens is 206 g/mol. The van der Waals surface area contributed by atoms with Crippen molar-refractivity contribution in [2.24, 2.45) is 0 Å². The van der Waals surface area contributed by atoms with Crippen LogP contribution in [0.4, 0.5) is 0 Å². The van der Waals surface area contributed by atoms with E-state index in [1.807, 2.05) is 0 Å². The summed E-state index contributed by atoms with van der Waals surface area (Å²) >= 11 is 5.63. The Morgan fingerprint density at radius 2 is 2.29 bits per heavy atom. The van der Waals surface area contributed by atoms with Crippen molar-refractivity contribution >= 4 is 23.9 Å². The minimum Gasteiger partial charge on any atom is -0.465 e. The first kappa shape index (κ1) is 10.7. The molecule has 0 saturated heterocycles. The zero-order valence-corrected chi connectivity index (χ0v) is 8.46. The van der Waals surface area contributed by atoms with E-state index in [9.17, 15) is 9.59 Å². The molecule has 0 aliphatic heterocycles. The van der Waals surface area contributed by atoms with Crippen LogP contribution in [-0.2, 0) is 4.74 Å². The van der Waals surface area contributed by atoms with Crippen molar-refractivity contribution in [2.45, 2.75) is 6.92 Å². The number of esters is 1. The quantitative estimate of drug-likeness (QED) is 0.426. The first-order chi connectivity index (χ1) is 6.60. The highest BCUT2D eigenvalue weighted by Gasteiger charge is 2.16. The number of methoxy groups -OCH3 is 1. The number of hydrogen-bond acceptors (Lipinski definition) is 4. The molecule has 0 spiro atoms. The fraction of sp³-hybridized carbons (Fsp3) is 0.222. The molecule has 74 valence electrons. The Labute approximate surface area is 85.9 Å². The number of rotatable bonds is 2. The molecule has 0 N–H and O–H groups in total. The number of aromatic nitrogens is 1. The number of hydrogen-bond donors (Lipinski definition) is 0. The van der Waals surface area contributed by atoms with Crippen molar-refractivity contribution in [3.05, 3.63) is 28.0 Å². The summed E-state index contributed by atoms with van der Waals surface area (Å²) in [4.78, 5) is 25.6. The average molecular weight is 214 g/mol. The molecule has 0 amide bonds. The zero-order chi connectivity index (χ0) is 10.7. The van der Waals surface area contributed by atoms with E-state index in [0.29, 0.717) is 11.8 Å². The van der Waals surface area contributed by atoms with E-state index in [-0.39, 0.29) is 16.4 Å². The fourth-order valence-corrected chi connectivity index (χ4v) is 1.36. The summed E-state index contributed by atoms with van der Waals surface area (Å²) in [6, 6.07) is 1.50. The van der Waals surface area contributed by atoms with Gasteiger partial charge in [-0.25, -0.2) is 9.78 Å². The van der Waals surface area contributed by atoms with Gasteiger partial charge in [0.1, 0.15) is 10.8 Å². The van der Waals surface area contributed by atoms with Gasteiger partial charge in [-0.15, -0.1) is 0 Å². The second-order valence-corrected chi connectivity index (χ2v) is 3.02. The minimum absolute atomic E-state index is 0.00171. The predicted molar refractivity (Wildman–Crippen MR) is 50.7 cm³/mol. The highest BCUT2D eigenvalue weighted by atomic mass is 35.5. The molecule has 1 aromatic rings.